The molecule has 6 heteroatoms. The summed E-state index contributed by atoms with van der Waals surface area (Å²) in [7, 11) is 3.84. The lowest BCUT2D eigenvalue weighted by Gasteiger charge is -2.28. The Hall–Kier alpha value is -2.60. The largest absolute Gasteiger partial charge is 0.378 e. The summed E-state index contributed by atoms with van der Waals surface area (Å²) in [5.41, 5.74) is 2.83. The molecule has 25 heavy (non-hydrogen) atoms. The van der Waals surface area contributed by atoms with Gasteiger partial charge in [0.05, 0.1) is 18.8 Å². The molecular weight excluding hydrogens is 316 g/mol. The number of nitrogens with zero attached hydrogens (tertiary/aromatic N) is 3. The van der Waals surface area contributed by atoms with Crippen LogP contribution in [0.25, 0.3) is 0 Å². The first-order valence-corrected chi connectivity index (χ1v) is 8.47. The van der Waals surface area contributed by atoms with Crippen LogP contribution in [-0.2, 0) is 11.3 Å². The number of hydrogen-bond donors (Lipinski definition) is 1. The van der Waals surface area contributed by atoms with Crippen molar-refractivity contribution in [1.29, 1.82) is 0 Å². The Morgan fingerprint density at radius 3 is 2.48 bits per heavy atom. The van der Waals surface area contributed by atoms with Gasteiger partial charge in [0.2, 0.25) is 0 Å². The molecule has 6 nitrogen and oxygen atoms in total. The van der Waals surface area contributed by atoms with E-state index in [2.05, 4.69) is 39.5 Å². The van der Waals surface area contributed by atoms with Crippen LogP contribution in [0.4, 0.5) is 11.5 Å². The lowest BCUT2D eigenvalue weighted by molar-refractivity contribution is 0.0950. The molecule has 3 rings (SSSR count). The van der Waals surface area contributed by atoms with Crippen molar-refractivity contribution < 1.29 is 9.53 Å². The number of aromatic nitrogens is 1. The maximum Gasteiger partial charge on any atom is 0.253 e. The second-order valence-electron chi connectivity index (χ2n) is 6.25. The normalized spacial score (nSPS) is 14.2. The number of carbonyl (C=O) groups is 1. The third kappa shape index (κ3) is 4.48. The minimum atomic E-state index is -0.116. The molecule has 1 N–H and O–H groups in total. The zero-order valence-electron chi connectivity index (χ0n) is 14.7. The van der Waals surface area contributed by atoms with Gasteiger partial charge in [-0.05, 0) is 29.8 Å². The fraction of sp³-hybridized carbons (Fsp3) is 0.368. The predicted octanol–water partition coefficient (Wildman–Crippen LogP) is 1.91. The average molecular weight is 340 g/mol. The molecule has 1 fully saturated rings. The SMILES string of the molecule is CN(C)c1ccc(C(=O)NCc2ccc(N3CCOCC3)cc2)cn1. The van der Waals surface area contributed by atoms with Crippen molar-refractivity contribution in [1.82, 2.24) is 10.3 Å². The first-order valence-electron chi connectivity index (χ1n) is 8.47. The quantitative estimate of drug-likeness (QED) is 0.901. The highest BCUT2D eigenvalue weighted by Gasteiger charge is 2.11. The second-order valence-corrected chi connectivity index (χ2v) is 6.25. The summed E-state index contributed by atoms with van der Waals surface area (Å²) in [6.45, 7) is 3.90. The highest BCUT2D eigenvalue weighted by atomic mass is 16.5. The molecule has 0 bridgehead atoms. The third-order valence-electron chi connectivity index (χ3n) is 4.23. The first-order chi connectivity index (χ1) is 12.1. The predicted molar refractivity (Wildman–Crippen MR) is 99.2 cm³/mol. The van der Waals surface area contributed by atoms with Crippen LogP contribution in [0.1, 0.15) is 15.9 Å². The number of benzene rings is 1. The molecule has 1 aliphatic rings. The number of hydrogen-bond acceptors (Lipinski definition) is 5. The number of amides is 1. The summed E-state index contributed by atoms with van der Waals surface area (Å²) >= 11 is 0. The number of nitrogens with one attached hydrogen (secondary N) is 1. The highest BCUT2D eigenvalue weighted by Crippen LogP contribution is 2.16. The zero-order chi connectivity index (χ0) is 17.6. The molecule has 2 aromatic rings. The standard InChI is InChI=1S/C19H24N4O2/c1-22(2)18-8-5-16(14-20-18)19(24)21-13-15-3-6-17(7-4-15)23-9-11-25-12-10-23/h3-8,14H,9-13H2,1-2H3,(H,21,24). The minimum absolute atomic E-state index is 0.116. The van der Waals surface area contributed by atoms with Crippen molar-refractivity contribution in [2.75, 3.05) is 50.2 Å². The lowest BCUT2D eigenvalue weighted by atomic mass is 10.1. The Balaban J connectivity index is 1.54. The molecule has 1 saturated heterocycles. The van der Waals surface area contributed by atoms with Gasteiger partial charge in [0.25, 0.3) is 5.91 Å². The van der Waals surface area contributed by atoms with Gasteiger partial charge in [0.1, 0.15) is 5.82 Å². The lowest BCUT2D eigenvalue weighted by Crippen LogP contribution is -2.36. The molecule has 0 unspecified atom stereocenters. The topological polar surface area (TPSA) is 57.7 Å². The molecule has 0 saturated carbocycles. The van der Waals surface area contributed by atoms with Crippen LogP contribution in [0, 0.1) is 0 Å². The molecule has 1 amide bonds. The fourth-order valence-electron chi connectivity index (χ4n) is 2.72. The van der Waals surface area contributed by atoms with Crippen LogP contribution in [0.15, 0.2) is 42.6 Å². The van der Waals surface area contributed by atoms with Crippen molar-refractivity contribution in [2.45, 2.75) is 6.54 Å². The minimum Gasteiger partial charge on any atom is -0.378 e. The number of rotatable bonds is 5. The van der Waals surface area contributed by atoms with E-state index < -0.39 is 0 Å². The molecule has 1 aliphatic heterocycles. The number of morpholine rings is 1. The maximum atomic E-state index is 12.2. The number of carbonyl (C=O) groups excluding carboxylic acids is 1. The van der Waals surface area contributed by atoms with Crippen LogP contribution in [0.3, 0.4) is 0 Å². The first kappa shape index (κ1) is 17.2. The summed E-state index contributed by atoms with van der Waals surface area (Å²) in [6.07, 6.45) is 1.60. The monoisotopic (exact) mass is 340 g/mol. The van der Waals surface area contributed by atoms with Gasteiger partial charge in [-0.2, -0.15) is 0 Å². The van der Waals surface area contributed by atoms with Crippen molar-refractivity contribution in [3.05, 3.63) is 53.7 Å². The maximum absolute atomic E-state index is 12.2. The van der Waals surface area contributed by atoms with Gasteiger partial charge in [-0.15, -0.1) is 0 Å². The molecule has 1 aromatic heterocycles. The highest BCUT2D eigenvalue weighted by molar-refractivity contribution is 5.94. The van der Waals surface area contributed by atoms with Gasteiger partial charge in [-0.1, -0.05) is 12.1 Å². The number of pyridine rings is 1. The molecule has 0 atom stereocenters. The van der Waals surface area contributed by atoms with Crippen molar-refractivity contribution in [2.24, 2.45) is 0 Å². The van der Waals surface area contributed by atoms with Gasteiger partial charge < -0.3 is 19.9 Å². The van der Waals surface area contributed by atoms with E-state index in [4.69, 9.17) is 4.74 Å². The molecule has 132 valence electrons. The van der Waals surface area contributed by atoms with Crippen LogP contribution >= 0.6 is 0 Å². The van der Waals surface area contributed by atoms with E-state index in [0.717, 1.165) is 37.7 Å². The smallest absolute Gasteiger partial charge is 0.253 e. The molecule has 0 aliphatic carbocycles. The summed E-state index contributed by atoms with van der Waals surface area (Å²) in [5, 5.41) is 2.94. The third-order valence-corrected chi connectivity index (χ3v) is 4.23. The van der Waals surface area contributed by atoms with E-state index in [1.165, 1.54) is 5.69 Å². The van der Waals surface area contributed by atoms with Gasteiger partial charge in [-0.25, -0.2) is 4.98 Å². The summed E-state index contributed by atoms with van der Waals surface area (Å²) < 4.78 is 5.38. The van der Waals surface area contributed by atoms with Gasteiger partial charge in [-0.3, -0.25) is 4.79 Å². The van der Waals surface area contributed by atoms with E-state index in [0.29, 0.717) is 12.1 Å². The molecule has 2 heterocycles. The van der Waals surface area contributed by atoms with Gasteiger partial charge in [0, 0.05) is 45.6 Å². The van der Waals surface area contributed by atoms with Crippen molar-refractivity contribution in [3.63, 3.8) is 0 Å². The molecule has 1 aromatic carbocycles. The Labute approximate surface area is 148 Å². The fourth-order valence-corrected chi connectivity index (χ4v) is 2.72. The van der Waals surface area contributed by atoms with E-state index in [1.807, 2.05) is 25.1 Å². The summed E-state index contributed by atoms with van der Waals surface area (Å²) in [4.78, 5) is 20.7. The van der Waals surface area contributed by atoms with Crippen LogP contribution in [0.2, 0.25) is 0 Å². The average Bonchev–Trinajstić information content (AvgIpc) is 2.67. The Morgan fingerprint density at radius 1 is 1.16 bits per heavy atom. The summed E-state index contributed by atoms with van der Waals surface area (Å²) in [6, 6.07) is 11.9. The summed E-state index contributed by atoms with van der Waals surface area (Å²) in [5.74, 6) is 0.713. The van der Waals surface area contributed by atoms with Gasteiger partial charge in [0.15, 0.2) is 0 Å². The van der Waals surface area contributed by atoms with Crippen LogP contribution in [-0.4, -0.2) is 51.3 Å². The van der Waals surface area contributed by atoms with Crippen molar-refractivity contribution in [3.8, 4) is 0 Å². The zero-order valence-corrected chi connectivity index (χ0v) is 14.7. The molecule has 0 radical (unpaired) electrons. The molecule has 0 spiro atoms. The van der Waals surface area contributed by atoms with Gasteiger partial charge >= 0.3 is 0 Å². The Morgan fingerprint density at radius 2 is 1.88 bits per heavy atom. The Kier molecular flexibility index (Phi) is 5.50. The number of anilines is 2. The van der Waals surface area contributed by atoms with E-state index in [-0.39, 0.29) is 5.91 Å². The van der Waals surface area contributed by atoms with Crippen LogP contribution < -0.4 is 15.1 Å². The van der Waals surface area contributed by atoms with E-state index in [9.17, 15) is 4.79 Å². The van der Waals surface area contributed by atoms with E-state index >= 15 is 0 Å². The van der Waals surface area contributed by atoms with Crippen molar-refractivity contribution >= 4 is 17.4 Å². The molecular formula is C19H24N4O2. The number of ether oxygens (including phenoxy) is 1. The Bertz CT molecular complexity index is 692. The van der Waals surface area contributed by atoms with Crippen LogP contribution in [0.5, 0.6) is 0 Å². The second kappa shape index (κ2) is 7.98. The van der Waals surface area contributed by atoms with E-state index in [1.54, 1.807) is 12.3 Å².